The molecule has 1 aromatic heterocycles. The van der Waals surface area contributed by atoms with E-state index in [9.17, 15) is 16.8 Å². The van der Waals surface area contributed by atoms with Crippen LogP contribution >= 0.6 is 11.3 Å². The highest BCUT2D eigenvalue weighted by Gasteiger charge is 2.16. The van der Waals surface area contributed by atoms with Crippen LogP contribution in [0.25, 0.3) is 0 Å². The first-order valence-corrected chi connectivity index (χ1v) is 9.57. The maximum absolute atomic E-state index is 11.8. The fourth-order valence-corrected chi connectivity index (χ4v) is 4.25. The summed E-state index contributed by atoms with van der Waals surface area (Å²) in [5, 5.41) is 0. The topological polar surface area (TPSA) is 106 Å². The van der Waals surface area contributed by atoms with Gasteiger partial charge in [-0.05, 0) is 18.6 Å². The van der Waals surface area contributed by atoms with E-state index in [0.29, 0.717) is 6.54 Å². The number of thiophene rings is 1. The van der Waals surface area contributed by atoms with Gasteiger partial charge in [0.05, 0.1) is 5.75 Å². The predicted molar refractivity (Wildman–Crippen MR) is 71.7 cm³/mol. The van der Waals surface area contributed by atoms with Gasteiger partial charge in [0, 0.05) is 24.2 Å². The third kappa shape index (κ3) is 5.02. The molecule has 6 nitrogen and oxygen atoms in total. The average molecular weight is 312 g/mol. The fourth-order valence-electron chi connectivity index (χ4n) is 1.22. The minimum Gasteiger partial charge on any atom is -0.326 e. The molecule has 18 heavy (non-hydrogen) atoms. The standard InChI is InChI=1S/C9H16N2O4S3/c1-17(12,13)6-2-5-11-18(14,15)9-4-3-8(7-10)16-9/h3-4,11H,2,5-7,10H2,1H3. The first-order chi connectivity index (χ1) is 8.24. The third-order valence-electron chi connectivity index (χ3n) is 2.09. The van der Waals surface area contributed by atoms with Crippen LogP contribution in [0.5, 0.6) is 0 Å². The largest absolute Gasteiger partial charge is 0.326 e. The summed E-state index contributed by atoms with van der Waals surface area (Å²) >= 11 is 1.11. The van der Waals surface area contributed by atoms with Gasteiger partial charge in [-0.2, -0.15) is 0 Å². The summed E-state index contributed by atoms with van der Waals surface area (Å²) in [6.45, 7) is 0.402. The maximum Gasteiger partial charge on any atom is 0.250 e. The Morgan fingerprint density at radius 3 is 2.44 bits per heavy atom. The summed E-state index contributed by atoms with van der Waals surface area (Å²) in [4.78, 5) is 0.784. The van der Waals surface area contributed by atoms with Crippen molar-refractivity contribution in [2.24, 2.45) is 5.73 Å². The van der Waals surface area contributed by atoms with E-state index in [1.54, 1.807) is 6.07 Å². The van der Waals surface area contributed by atoms with Crippen LogP contribution in [0.1, 0.15) is 11.3 Å². The van der Waals surface area contributed by atoms with Crippen molar-refractivity contribution in [1.29, 1.82) is 0 Å². The van der Waals surface area contributed by atoms with Crippen molar-refractivity contribution in [1.82, 2.24) is 4.72 Å². The molecule has 0 radical (unpaired) electrons. The highest BCUT2D eigenvalue weighted by atomic mass is 32.2. The van der Waals surface area contributed by atoms with Crippen LogP contribution in [0.15, 0.2) is 16.3 Å². The Kier molecular flexibility index (Phi) is 5.29. The van der Waals surface area contributed by atoms with Gasteiger partial charge in [0.1, 0.15) is 14.0 Å². The van der Waals surface area contributed by atoms with E-state index in [-0.39, 0.29) is 22.9 Å². The number of nitrogens with two attached hydrogens (primary N) is 1. The minimum atomic E-state index is -3.55. The molecule has 9 heteroatoms. The smallest absolute Gasteiger partial charge is 0.250 e. The monoisotopic (exact) mass is 312 g/mol. The molecule has 0 aliphatic heterocycles. The normalized spacial score (nSPS) is 12.8. The van der Waals surface area contributed by atoms with Crippen molar-refractivity contribution in [3.63, 3.8) is 0 Å². The van der Waals surface area contributed by atoms with Gasteiger partial charge < -0.3 is 5.73 Å². The molecule has 1 aromatic rings. The molecule has 0 bridgehead atoms. The van der Waals surface area contributed by atoms with E-state index in [2.05, 4.69) is 4.72 Å². The quantitative estimate of drug-likeness (QED) is 0.685. The Morgan fingerprint density at radius 2 is 1.94 bits per heavy atom. The molecule has 3 N–H and O–H groups in total. The molecule has 1 heterocycles. The van der Waals surface area contributed by atoms with Gasteiger partial charge in [-0.15, -0.1) is 11.3 Å². The third-order valence-corrected chi connectivity index (χ3v) is 6.18. The summed E-state index contributed by atoms with van der Waals surface area (Å²) in [5.41, 5.74) is 5.40. The second kappa shape index (κ2) is 6.11. The zero-order valence-electron chi connectivity index (χ0n) is 9.92. The number of hydrogen-bond donors (Lipinski definition) is 2. The Bertz CT molecular complexity index is 589. The zero-order chi connectivity index (χ0) is 13.8. The Hall–Kier alpha value is -0.480. The molecule has 0 unspecified atom stereocenters. The molecular formula is C9H16N2O4S3. The molecule has 0 aliphatic carbocycles. The number of hydrogen-bond acceptors (Lipinski definition) is 6. The molecule has 0 atom stereocenters. The zero-order valence-corrected chi connectivity index (χ0v) is 12.4. The number of sulfonamides is 1. The Labute approximate surface area is 111 Å². The summed E-state index contributed by atoms with van der Waals surface area (Å²) < 4.78 is 47.9. The molecule has 0 spiro atoms. The van der Waals surface area contributed by atoms with E-state index in [1.807, 2.05) is 0 Å². The lowest BCUT2D eigenvalue weighted by Gasteiger charge is -2.03. The van der Waals surface area contributed by atoms with Crippen LogP contribution in [-0.2, 0) is 26.4 Å². The fraction of sp³-hybridized carbons (Fsp3) is 0.556. The average Bonchev–Trinajstić information content (AvgIpc) is 2.72. The van der Waals surface area contributed by atoms with Gasteiger partial charge in [-0.3, -0.25) is 0 Å². The van der Waals surface area contributed by atoms with Gasteiger partial charge >= 0.3 is 0 Å². The molecule has 0 fully saturated rings. The molecule has 0 aliphatic rings. The summed E-state index contributed by atoms with van der Waals surface area (Å²) in [6, 6.07) is 3.15. The lowest BCUT2D eigenvalue weighted by molar-refractivity contribution is 0.579. The highest BCUT2D eigenvalue weighted by molar-refractivity contribution is 7.91. The number of sulfone groups is 1. The minimum absolute atomic E-state index is 0.0337. The lowest BCUT2D eigenvalue weighted by atomic mass is 10.5. The van der Waals surface area contributed by atoms with Crippen LogP contribution < -0.4 is 10.5 Å². The second-order valence-electron chi connectivity index (χ2n) is 3.81. The molecule has 0 saturated heterocycles. The van der Waals surface area contributed by atoms with Crippen molar-refractivity contribution in [3.05, 3.63) is 17.0 Å². The molecule has 0 saturated carbocycles. The van der Waals surface area contributed by atoms with Crippen molar-refractivity contribution >= 4 is 31.2 Å². The SMILES string of the molecule is CS(=O)(=O)CCCNS(=O)(=O)c1ccc(CN)s1. The molecular weight excluding hydrogens is 296 g/mol. The number of rotatable bonds is 7. The molecule has 0 amide bonds. The van der Waals surface area contributed by atoms with Gasteiger partial charge in [0.15, 0.2) is 0 Å². The maximum atomic E-state index is 11.8. The number of nitrogens with one attached hydrogen (secondary N) is 1. The molecule has 0 aromatic carbocycles. The summed E-state index contributed by atoms with van der Waals surface area (Å²) in [7, 11) is -6.60. The van der Waals surface area contributed by atoms with Crippen LogP contribution in [0, 0.1) is 0 Å². The first-order valence-electron chi connectivity index (χ1n) is 5.21. The Balaban J connectivity index is 2.55. The van der Waals surface area contributed by atoms with Gasteiger partial charge in [-0.1, -0.05) is 0 Å². The predicted octanol–water partition coefficient (Wildman–Crippen LogP) is -0.0802. The van der Waals surface area contributed by atoms with Crippen LogP contribution in [0.4, 0.5) is 0 Å². The van der Waals surface area contributed by atoms with E-state index in [4.69, 9.17) is 5.73 Å². The van der Waals surface area contributed by atoms with Crippen molar-refractivity contribution in [2.75, 3.05) is 18.6 Å². The Morgan fingerprint density at radius 1 is 1.28 bits per heavy atom. The summed E-state index contributed by atoms with van der Waals surface area (Å²) in [6.07, 6.45) is 1.38. The highest BCUT2D eigenvalue weighted by Crippen LogP contribution is 2.20. The molecule has 104 valence electrons. The van der Waals surface area contributed by atoms with Crippen molar-refractivity contribution < 1.29 is 16.8 Å². The van der Waals surface area contributed by atoms with E-state index >= 15 is 0 Å². The molecule has 1 rings (SSSR count). The lowest BCUT2D eigenvalue weighted by Crippen LogP contribution is -2.25. The second-order valence-corrected chi connectivity index (χ2v) is 9.23. The van der Waals surface area contributed by atoms with Crippen LogP contribution in [-0.4, -0.2) is 35.4 Å². The van der Waals surface area contributed by atoms with Crippen molar-refractivity contribution in [3.8, 4) is 0 Å². The van der Waals surface area contributed by atoms with Crippen LogP contribution in [0.2, 0.25) is 0 Å². The van der Waals surface area contributed by atoms with Crippen LogP contribution in [0.3, 0.4) is 0 Å². The van der Waals surface area contributed by atoms with E-state index in [1.165, 1.54) is 6.07 Å². The van der Waals surface area contributed by atoms with E-state index in [0.717, 1.165) is 22.5 Å². The first kappa shape index (κ1) is 15.6. The van der Waals surface area contributed by atoms with Crippen molar-refractivity contribution in [2.45, 2.75) is 17.2 Å². The summed E-state index contributed by atoms with van der Waals surface area (Å²) in [5.74, 6) is -0.0337. The van der Waals surface area contributed by atoms with Gasteiger partial charge in [0.2, 0.25) is 10.0 Å². The van der Waals surface area contributed by atoms with E-state index < -0.39 is 19.9 Å². The van der Waals surface area contributed by atoms with Gasteiger partial charge in [-0.25, -0.2) is 21.6 Å². The van der Waals surface area contributed by atoms with Gasteiger partial charge in [0.25, 0.3) is 0 Å².